The number of halogens is 1. The van der Waals surface area contributed by atoms with E-state index in [-0.39, 0.29) is 0 Å². The summed E-state index contributed by atoms with van der Waals surface area (Å²) in [5.74, 6) is 0. The topological polar surface area (TPSA) is 36.1 Å². The lowest BCUT2D eigenvalue weighted by molar-refractivity contribution is 0.546. The molecule has 1 aromatic rings. The van der Waals surface area contributed by atoms with Gasteiger partial charge in [0.25, 0.3) is 0 Å². The van der Waals surface area contributed by atoms with E-state index in [1.807, 2.05) is 24.3 Å². The first kappa shape index (κ1) is 9.94. The zero-order chi connectivity index (χ0) is 10.7. The fourth-order valence-electron chi connectivity index (χ4n) is 1.28. The average molecular weight is 218 g/mol. The summed E-state index contributed by atoms with van der Waals surface area (Å²) < 4.78 is 13.5. The maximum Gasteiger partial charge on any atom is 0.194 e. The van der Waals surface area contributed by atoms with Gasteiger partial charge < -0.3 is 0 Å². The van der Waals surface area contributed by atoms with E-state index in [1.54, 1.807) is 12.1 Å². The first-order valence-corrected chi connectivity index (χ1v) is 5.24. The van der Waals surface area contributed by atoms with Crippen molar-refractivity contribution in [3.8, 4) is 6.07 Å². The molecule has 0 aliphatic carbocycles. The van der Waals surface area contributed by atoms with E-state index < -0.39 is 5.50 Å². The number of hydrogen-bond donors (Lipinski definition) is 0. The van der Waals surface area contributed by atoms with E-state index in [1.165, 1.54) is 6.08 Å². The molecule has 0 bridgehead atoms. The molecule has 0 radical (unpaired) electrons. The zero-order valence-electron chi connectivity index (χ0n) is 7.72. The first-order chi connectivity index (χ1) is 7.31. The summed E-state index contributed by atoms with van der Waals surface area (Å²) in [5, 5.41) is 8.87. The molecule has 0 spiro atoms. The van der Waals surface area contributed by atoms with Crippen LogP contribution in [0.3, 0.4) is 0 Å². The van der Waals surface area contributed by atoms with Crippen molar-refractivity contribution >= 4 is 17.5 Å². The van der Waals surface area contributed by atoms with Crippen molar-refractivity contribution in [2.75, 3.05) is 0 Å². The highest BCUT2D eigenvalue weighted by Gasteiger charge is 2.25. The third kappa shape index (κ3) is 2.08. The second-order valence-electron chi connectivity index (χ2n) is 2.91. The van der Waals surface area contributed by atoms with Gasteiger partial charge in [0.2, 0.25) is 0 Å². The number of alkyl halides is 1. The van der Waals surface area contributed by atoms with Crippen molar-refractivity contribution in [3.05, 3.63) is 47.0 Å². The van der Waals surface area contributed by atoms with Gasteiger partial charge in [0.05, 0.1) is 11.8 Å². The van der Waals surface area contributed by atoms with Crippen LogP contribution in [0.1, 0.15) is 5.56 Å². The normalized spacial score (nSPS) is 22.5. The van der Waals surface area contributed by atoms with Gasteiger partial charge in [0, 0.05) is 6.08 Å². The van der Waals surface area contributed by atoms with Crippen molar-refractivity contribution in [2.45, 2.75) is 5.50 Å². The van der Waals surface area contributed by atoms with Gasteiger partial charge in [-0.25, -0.2) is 9.38 Å². The van der Waals surface area contributed by atoms with Crippen molar-refractivity contribution in [2.24, 2.45) is 4.99 Å². The van der Waals surface area contributed by atoms with Crippen molar-refractivity contribution in [3.63, 3.8) is 0 Å². The molecule has 15 heavy (non-hydrogen) atoms. The highest BCUT2D eigenvalue weighted by molar-refractivity contribution is 8.04. The van der Waals surface area contributed by atoms with Crippen LogP contribution >= 0.6 is 11.8 Å². The zero-order valence-corrected chi connectivity index (χ0v) is 8.54. The number of nitrogens with zero attached hydrogens (tertiary/aromatic N) is 2. The third-order valence-electron chi connectivity index (χ3n) is 1.93. The minimum absolute atomic E-state index is 0.391. The Morgan fingerprint density at radius 3 is 2.80 bits per heavy atom. The summed E-state index contributed by atoms with van der Waals surface area (Å²) in [7, 11) is 0. The molecule has 0 amide bonds. The molecular formula is C11H7FN2S. The summed E-state index contributed by atoms with van der Waals surface area (Å²) in [5.41, 5.74) is -0.0204. The van der Waals surface area contributed by atoms with E-state index >= 15 is 0 Å². The van der Waals surface area contributed by atoms with Crippen LogP contribution in [0.25, 0.3) is 0 Å². The molecule has 4 heteroatoms. The molecular weight excluding hydrogens is 211 g/mol. The maximum atomic E-state index is 13.5. The van der Waals surface area contributed by atoms with Crippen LogP contribution in [-0.2, 0) is 0 Å². The van der Waals surface area contributed by atoms with Gasteiger partial charge in [0.15, 0.2) is 5.50 Å². The molecule has 0 aromatic heterocycles. The Morgan fingerprint density at radius 1 is 1.40 bits per heavy atom. The molecule has 0 N–H and O–H groups in total. The Kier molecular flexibility index (Phi) is 2.84. The van der Waals surface area contributed by atoms with Crippen LogP contribution in [0.5, 0.6) is 0 Å². The van der Waals surface area contributed by atoms with Crippen LogP contribution in [0.4, 0.5) is 4.39 Å². The Bertz CT molecular complexity index is 459. The first-order valence-electron chi connectivity index (χ1n) is 4.36. The molecule has 0 fully saturated rings. The van der Waals surface area contributed by atoms with E-state index in [9.17, 15) is 4.39 Å². The maximum absolute atomic E-state index is 13.5. The van der Waals surface area contributed by atoms with Crippen LogP contribution in [0, 0.1) is 11.3 Å². The van der Waals surface area contributed by atoms with Crippen LogP contribution < -0.4 is 0 Å². The molecule has 0 saturated heterocycles. The number of hydrogen-bond acceptors (Lipinski definition) is 3. The minimum atomic E-state index is -1.17. The highest BCUT2D eigenvalue weighted by atomic mass is 32.2. The number of benzene rings is 1. The van der Waals surface area contributed by atoms with Crippen molar-refractivity contribution < 1.29 is 4.39 Å². The van der Waals surface area contributed by atoms with E-state index in [0.717, 1.165) is 17.3 Å². The predicted octanol–water partition coefficient (Wildman–Crippen LogP) is 2.88. The molecule has 1 unspecified atom stereocenters. The molecule has 1 atom stereocenters. The van der Waals surface area contributed by atoms with Gasteiger partial charge in [-0.05, 0) is 5.56 Å². The number of thioether (sulfide) groups is 1. The van der Waals surface area contributed by atoms with Gasteiger partial charge >= 0.3 is 0 Å². The highest BCUT2D eigenvalue weighted by Crippen LogP contribution is 2.34. The fourth-order valence-corrected chi connectivity index (χ4v) is 2.07. The lowest BCUT2D eigenvalue weighted by atomic mass is 10.1. The van der Waals surface area contributed by atoms with Gasteiger partial charge in [-0.15, -0.1) is 0 Å². The predicted molar refractivity (Wildman–Crippen MR) is 59.2 cm³/mol. The lowest BCUT2D eigenvalue weighted by Gasteiger charge is -2.01. The Labute approximate surface area is 91.1 Å². The largest absolute Gasteiger partial charge is 0.241 e. The number of rotatable bonds is 1. The summed E-state index contributed by atoms with van der Waals surface area (Å²) in [6.45, 7) is 0. The third-order valence-corrected chi connectivity index (χ3v) is 2.81. The van der Waals surface area contributed by atoms with E-state index in [4.69, 9.17) is 5.26 Å². The molecule has 1 aromatic carbocycles. The molecule has 1 heterocycles. The van der Waals surface area contributed by atoms with Gasteiger partial charge in [-0.3, -0.25) is 0 Å². The van der Waals surface area contributed by atoms with Crippen LogP contribution in [-0.4, -0.2) is 11.2 Å². The van der Waals surface area contributed by atoms with Gasteiger partial charge in [-0.2, -0.15) is 5.26 Å². The van der Waals surface area contributed by atoms with Crippen LogP contribution in [0.2, 0.25) is 0 Å². The SMILES string of the molecule is N#CC=C1N=C(c2ccccc2)C(F)S1. The molecule has 1 aliphatic heterocycles. The quantitative estimate of drug-likeness (QED) is 0.679. The second-order valence-corrected chi connectivity index (χ2v) is 3.98. The van der Waals surface area contributed by atoms with Crippen LogP contribution in [0.15, 0.2) is 46.4 Å². The van der Waals surface area contributed by atoms with E-state index in [0.29, 0.717) is 10.7 Å². The smallest absolute Gasteiger partial charge is 0.194 e. The Balaban J connectivity index is 2.35. The summed E-state index contributed by atoms with van der Waals surface area (Å²) >= 11 is 0.961. The summed E-state index contributed by atoms with van der Waals surface area (Å²) in [6, 6.07) is 11.0. The Hall–Kier alpha value is -1.60. The number of aliphatic imine (C=N–C) groups is 1. The standard InChI is InChI=1S/C11H7FN2S/c12-11-10(8-4-2-1-3-5-8)14-9(15-11)6-7-13/h1-6,11H. The molecule has 2 rings (SSSR count). The van der Waals surface area contributed by atoms with Crippen molar-refractivity contribution in [1.29, 1.82) is 5.26 Å². The van der Waals surface area contributed by atoms with E-state index in [2.05, 4.69) is 4.99 Å². The molecule has 2 nitrogen and oxygen atoms in total. The average Bonchev–Trinajstić information content (AvgIpc) is 2.61. The molecule has 74 valence electrons. The fraction of sp³-hybridized carbons (Fsp3) is 0.0909. The summed E-state index contributed by atoms with van der Waals surface area (Å²) in [4.78, 5) is 4.07. The summed E-state index contributed by atoms with van der Waals surface area (Å²) in [6.07, 6.45) is 1.26. The van der Waals surface area contributed by atoms with Gasteiger partial charge in [-0.1, -0.05) is 42.1 Å². The monoisotopic (exact) mass is 218 g/mol. The van der Waals surface area contributed by atoms with Gasteiger partial charge in [0.1, 0.15) is 5.03 Å². The number of allylic oxidation sites excluding steroid dienone is 1. The Morgan fingerprint density at radius 2 is 2.13 bits per heavy atom. The van der Waals surface area contributed by atoms with Crippen molar-refractivity contribution in [1.82, 2.24) is 0 Å². The molecule has 0 saturated carbocycles. The second kappa shape index (κ2) is 4.28. The lowest BCUT2D eigenvalue weighted by Crippen LogP contribution is -2.08. The minimum Gasteiger partial charge on any atom is -0.241 e. The molecule has 1 aliphatic rings. The number of nitriles is 1.